The topological polar surface area (TPSA) is 80.7 Å². The van der Waals surface area contributed by atoms with Crippen molar-refractivity contribution in [1.82, 2.24) is 0 Å². The van der Waals surface area contributed by atoms with Crippen LogP contribution < -0.4 is 0 Å². The van der Waals surface area contributed by atoms with E-state index in [2.05, 4.69) is 20.8 Å². The molecular weight excluding hydrogens is 344 g/mol. The SMILES string of the molecule is CC(=O)OC1C[C@H]2C(C)(C)CCC[C@]2(C)[C@H]2C(=O)C(O)=C(C(C)C)C(=O)[C@H]12. The molecule has 5 nitrogen and oxygen atoms in total. The van der Waals surface area contributed by atoms with E-state index in [4.69, 9.17) is 4.74 Å². The molecule has 0 saturated heterocycles. The molecule has 1 N–H and O–H groups in total. The Labute approximate surface area is 161 Å². The summed E-state index contributed by atoms with van der Waals surface area (Å²) in [7, 11) is 0. The number of aliphatic hydroxyl groups is 1. The molecule has 3 aliphatic carbocycles. The van der Waals surface area contributed by atoms with Gasteiger partial charge >= 0.3 is 5.97 Å². The smallest absolute Gasteiger partial charge is 0.302 e. The highest BCUT2D eigenvalue weighted by Gasteiger charge is 2.64. The highest BCUT2D eigenvalue weighted by molar-refractivity contribution is 6.13. The first-order valence-corrected chi connectivity index (χ1v) is 10.1. The van der Waals surface area contributed by atoms with Crippen LogP contribution in [0.15, 0.2) is 11.3 Å². The van der Waals surface area contributed by atoms with Gasteiger partial charge in [0.05, 0.1) is 5.92 Å². The highest BCUT2D eigenvalue weighted by Crippen LogP contribution is 2.63. The molecule has 150 valence electrons. The summed E-state index contributed by atoms with van der Waals surface area (Å²) >= 11 is 0. The van der Waals surface area contributed by atoms with Gasteiger partial charge < -0.3 is 9.84 Å². The van der Waals surface area contributed by atoms with E-state index in [1.165, 1.54) is 6.92 Å². The summed E-state index contributed by atoms with van der Waals surface area (Å²) in [6, 6.07) is 0. The summed E-state index contributed by atoms with van der Waals surface area (Å²) in [6.07, 6.45) is 2.86. The van der Waals surface area contributed by atoms with Gasteiger partial charge in [0.15, 0.2) is 11.5 Å². The van der Waals surface area contributed by atoms with Crippen molar-refractivity contribution in [2.45, 2.75) is 73.3 Å². The molecule has 0 amide bonds. The first-order valence-electron chi connectivity index (χ1n) is 10.1. The number of rotatable bonds is 2. The van der Waals surface area contributed by atoms with Crippen molar-refractivity contribution in [3.05, 3.63) is 11.3 Å². The maximum absolute atomic E-state index is 13.4. The second-order valence-corrected chi connectivity index (χ2v) is 9.93. The van der Waals surface area contributed by atoms with Crippen molar-refractivity contribution in [2.75, 3.05) is 0 Å². The largest absolute Gasteiger partial charge is 0.504 e. The van der Waals surface area contributed by atoms with Crippen LogP contribution >= 0.6 is 0 Å². The van der Waals surface area contributed by atoms with E-state index >= 15 is 0 Å². The molecule has 2 fully saturated rings. The fraction of sp³-hybridized carbons (Fsp3) is 0.773. The Kier molecular flexibility index (Phi) is 4.80. The zero-order chi connectivity index (χ0) is 20.3. The van der Waals surface area contributed by atoms with E-state index in [0.717, 1.165) is 19.3 Å². The van der Waals surface area contributed by atoms with Crippen LogP contribution in [-0.4, -0.2) is 28.7 Å². The maximum atomic E-state index is 13.4. The molecule has 1 unspecified atom stereocenters. The average molecular weight is 376 g/mol. The van der Waals surface area contributed by atoms with E-state index in [1.54, 1.807) is 13.8 Å². The van der Waals surface area contributed by atoms with E-state index in [0.29, 0.717) is 6.42 Å². The van der Waals surface area contributed by atoms with Gasteiger partial charge in [0.1, 0.15) is 6.10 Å². The van der Waals surface area contributed by atoms with Crippen molar-refractivity contribution >= 4 is 17.5 Å². The molecule has 5 heteroatoms. The Morgan fingerprint density at radius 2 is 1.78 bits per heavy atom. The number of fused-ring (bicyclic) bond motifs is 3. The van der Waals surface area contributed by atoms with Crippen LogP contribution in [0, 0.1) is 34.5 Å². The highest BCUT2D eigenvalue weighted by atomic mass is 16.5. The summed E-state index contributed by atoms with van der Waals surface area (Å²) in [4.78, 5) is 38.5. The third kappa shape index (κ3) is 2.94. The third-order valence-corrected chi connectivity index (χ3v) is 7.45. The van der Waals surface area contributed by atoms with Gasteiger partial charge in [-0.15, -0.1) is 0 Å². The van der Waals surface area contributed by atoms with Gasteiger partial charge in [-0.1, -0.05) is 41.0 Å². The van der Waals surface area contributed by atoms with Crippen LogP contribution in [0.25, 0.3) is 0 Å². The average Bonchev–Trinajstić information content (AvgIpc) is 2.52. The van der Waals surface area contributed by atoms with E-state index in [1.807, 2.05) is 0 Å². The molecule has 0 spiro atoms. The summed E-state index contributed by atoms with van der Waals surface area (Å²) in [6.45, 7) is 11.4. The van der Waals surface area contributed by atoms with Crippen LogP contribution in [0.4, 0.5) is 0 Å². The molecule has 5 atom stereocenters. The Balaban J connectivity index is 2.18. The van der Waals surface area contributed by atoms with Crippen LogP contribution in [0.1, 0.15) is 67.2 Å². The van der Waals surface area contributed by atoms with Crippen molar-refractivity contribution < 1.29 is 24.2 Å². The summed E-state index contributed by atoms with van der Waals surface area (Å²) < 4.78 is 5.61. The molecular formula is C22H32O5. The number of aliphatic hydroxyl groups excluding tert-OH is 1. The molecule has 0 heterocycles. The number of Topliss-reactive ketones (excluding diaryl/α,β-unsaturated/α-hetero) is 2. The normalized spacial score (nSPS) is 38.5. The first kappa shape index (κ1) is 20.1. The Hall–Kier alpha value is -1.65. The number of allylic oxidation sites excluding steroid dienone is 2. The number of carbonyl (C=O) groups excluding carboxylic acids is 3. The Morgan fingerprint density at radius 3 is 2.33 bits per heavy atom. The van der Waals surface area contributed by atoms with Crippen LogP contribution in [0.2, 0.25) is 0 Å². The van der Waals surface area contributed by atoms with Crippen LogP contribution in [0.3, 0.4) is 0 Å². The monoisotopic (exact) mass is 376 g/mol. The minimum absolute atomic E-state index is 0.0165. The first-order chi connectivity index (χ1) is 12.4. The molecule has 2 saturated carbocycles. The minimum Gasteiger partial charge on any atom is -0.504 e. The fourth-order valence-electron chi connectivity index (χ4n) is 6.38. The number of esters is 1. The molecule has 3 aliphatic rings. The van der Waals surface area contributed by atoms with Crippen LogP contribution in [0.5, 0.6) is 0 Å². The number of ether oxygens (including phenoxy) is 1. The molecule has 0 aromatic heterocycles. The minimum atomic E-state index is -0.690. The molecule has 0 aliphatic heterocycles. The summed E-state index contributed by atoms with van der Waals surface area (Å²) in [5, 5.41) is 10.6. The number of hydrogen-bond acceptors (Lipinski definition) is 5. The number of ketones is 2. The molecule has 27 heavy (non-hydrogen) atoms. The number of hydrogen-bond donors (Lipinski definition) is 1. The zero-order valence-electron chi connectivity index (χ0n) is 17.3. The zero-order valence-corrected chi connectivity index (χ0v) is 17.3. The third-order valence-electron chi connectivity index (χ3n) is 7.45. The molecule has 0 radical (unpaired) electrons. The molecule has 0 aromatic carbocycles. The van der Waals surface area contributed by atoms with E-state index < -0.39 is 23.9 Å². The number of carbonyl (C=O) groups is 3. The van der Waals surface area contributed by atoms with Gasteiger partial charge in [-0.3, -0.25) is 14.4 Å². The maximum Gasteiger partial charge on any atom is 0.302 e. The van der Waals surface area contributed by atoms with Gasteiger partial charge in [0.25, 0.3) is 0 Å². The quantitative estimate of drug-likeness (QED) is 0.737. The standard InChI is InChI=1S/C22H32O5/c1-11(2)15-18(24)16-13(27-12(3)23)10-14-21(4,5)8-7-9-22(14,6)17(16)20(26)19(15)25/h11,13-14,16-17,25H,7-10H2,1-6H3/t13?,14-,16+,17+,22-/m0/s1. The lowest BCUT2D eigenvalue weighted by Gasteiger charge is -2.60. The van der Waals surface area contributed by atoms with Gasteiger partial charge in [0.2, 0.25) is 5.78 Å². The molecule has 3 rings (SSSR count). The molecule has 0 bridgehead atoms. The van der Waals surface area contributed by atoms with Crippen molar-refractivity contribution in [2.24, 2.45) is 34.5 Å². The lowest BCUT2D eigenvalue weighted by Crippen LogP contribution is -2.62. The fourth-order valence-corrected chi connectivity index (χ4v) is 6.38. The predicted molar refractivity (Wildman–Crippen MR) is 101 cm³/mol. The van der Waals surface area contributed by atoms with Crippen molar-refractivity contribution in [3.8, 4) is 0 Å². The summed E-state index contributed by atoms with van der Waals surface area (Å²) in [5.41, 5.74) is -0.209. The van der Waals surface area contributed by atoms with Gasteiger partial charge in [-0.2, -0.15) is 0 Å². The second kappa shape index (κ2) is 6.46. The lowest BCUT2D eigenvalue weighted by atomic mass is 9.43. The Bertz CT molecular complexity index is 716. The van der Waals surface area contributed by atoms with Gasteiger partial charge in [-0.25, -0.2) is 0 Å². The lowest BCUT2D eigenvalue weighted by molar-refractivity contribution is -0.184. The van der Waals surface area contributed by atoms with Gasteiger partial charge in [-0.05, 0) is 41.9 Å². The van der Waals surface area contributed by atoms with Crippen molar-refractivity contribution in [1.29, 1.82) is 0 Å². The van der Waals surface area contributed by atoms with Gasteiger partial charge in [0, 0.05) is 18.4 Å². The van der Waals surface area contributed by atoms with Crippen molar-refractivity contribution in [3.63, 3.8) is 0 Å². The van der Waals surface area contributed by atoms with E-state index in [9.17, 15) is 19.5 Å². The Morgan fingerprint density at radius 1 is 1.15 bits per heavy atom. The predicted octanol–water partition coefficient (Wildman–Crippen LogP) is 4.01. The molecule has 0 aromatic rings. The van der Waals surface area contributed by atoms with Crippen LogP contribution in [-0.2, 0) is 19.1 Å². The summed E-state index contributed by atoms with van der Waals surface area (Å²) in [5.74, 6) is -2.79. The second-order valence-electron chi connectivity index (χ2n) is 9.93. The van der Waals surface area contributed by atoms with E-state index in [-0.39, 0.29) is 45.6 Å².